The molecule has 34 heavy (non-hydrogen) atoms. The van der Waals surface area contributed by atoms with Gasteiger partial charge >= 0.3 is 0 Å². The molecule has 4 heteroatoms. The molecule has 3 aromatic carbocycles. The normalized spacial score (nSPS) is 22.0. The summed E-state index contributed by atoms with van der Waals surface area (Å²) in [5, 5.41) is 9.53. The van der Waals surface area contributed by atoms with Gasteiger partial charge in [0.05, 0.1) is 5.56 Å². The van der Waals surface area contributed by atoms with Crippen molar-refractivity contribution in [2.24, 2.45) is 5.92 Å². The summed E-state index contributed by atoms with van der Waals surface area (Å²) in [5.74, 6) is 0.696. The van der Waals surface area contributed by atoms with Crippen LogP contribution in [0.5, 0.6) is 5.75 Å². The number of carbonyl (C=O) groups excluding carboxylic acids is 1. The van der Waals surface area contributed by atoms with Gasteiger partial charge in [0.25, 0.3) is 0 Å². The van der Waals surface area contributed by atoms with Gasteiger partial charge in [-0.3, -0.25) is 9.69 Å². The van der Waals surface area contributed by atoms with Crippen LogP contribution in [0.25, 0.3) is 0 Å². The van der Waals surface area contributed by atoms with Gasteiger partial charge in [-0.25, -0.2) is 0 Å². The van der Waals surface area contributed by atoms with Gasteiger partial charge in [-0.15, -0.1) is 0 Å². The molecule has 2 atom stereocenters. The summed E-state index contributed by atoms with van der Waals surface area (Å²) in [4.78, 5) is 16.2. The van der Waals surface area contributed by atoms with E-state index < -0.39 is 0 Å². The summed E-state index contributed by atoms with van der Waals surface area (Å²) >= 11 is 0. The zero-order valence-electron chi connectivity index (χ0n) is 19.4. The number of carbonyl (C=O) groups is 1. The molecule has 2 saturated heterocycles. The Labute approximate surface area is 201 Å². The number of Topliss-reactive ketones (excluding diaryl/α,β-unsaturated/α-hetero) is 1. The van der Waals surface area contributed by atoms with E-state index in [9.17, 15) is 10.1 Å². The van der Waals surface area contributed by atoms with Crippen molar-refractivity contribution >= 4 is 5.78 Å². The molecular formula is C30H30N2O2. The minimum Gasteiger partial charge on any atom is -0.487 e. The van der Waals surface area contributed by atoms with Gasteiger partial charge in [-0.05, 0) is 55.0 Å². The Bertz CT molecular complexity index is 1160. The maximum atomic E-state index is 13.6. The smallest absolute Gasteiger partial charge is 0.166 e. The van der Waals surface area contributed by atoms with E-state index in [-0.39, 0.29) is 11.7 Å². The van der Waals surface area contributed by atoms with E-state index in [4.69, 9.17) is 4.74 Å². The van der Waals surface area contributed by atoms with Crippen molar-refractivity contribution in [1.82, 2.24) is 4.90 Å². The lowest BCUT2D eigenvalue weighted by atomic mass is 9.75. The zero-order chi connectivity index (χ0) is 23.3. The summed E-state index contributed by atoms with van der Waals surface area (Å²) < 4.78 is 5.97. The molecule has 0 aliphatic carbocycles. The summed E-state index contributed by atoms with van der Waals surface area (Å²) in [6, 6.07) is 28.9. The number of piperidine rings is 2. The Morgan fingerprint density at radius 2 is 1.56 bits per heavy atom. The second-order valence-electron chi connectivity index (χ2n) is 9.53. The fraction of sp³-hybridized carbons (Fsp3) is 0.333. The minimum absolute atomic E-state index is 0.0252. The summed E-state index contributed by atoms with van der Waals surface area (Å²) in [6.07, 6.45) is 5.37. The highest BCUT2D eigenvalue weighted by Gasteiger charge is 2.40. The molecule has 2 unspecified atom stereocenters. The van der Waals surface area contributed by atoms with Crippen LogP contribution in [0, 0.1) is 17.2 Å². The van der Waals surface area contributed by atoms with E-state index in [0.717, 1.165) is 37.8 Å². The van der Waals surface area contributed by atoms with Gasteiger partial charge in [-0.1, -0.05) is 67.1 Å². The Morgan fingerprint density at radius 3 is 2.21 bits per heavy atom. The van der Waals surface area contributed by atoms with Crippen LogP contribution in [-0.4, -0.2) is 22.8 Å². The molecule has 2 fully saturated rings. The number of ether oxygens (including phenoxy) is 1. The average Bonchev–Trinajstić information content (AvgIpc) is 2.88. The predicted molar refractivity (Wildman–Crippen MR) is 132 cm³/mol. The summed E-state index contributed by atoms with van der Waals surface area (Å²) in [5.41, 5.74) is 3.49. The largest absolute Gasteiger partial charge is 0.487 e. The van der Waals surface area contributed by atoms with Crippen LogP contribution in [0.15, 0.2) is 78.9 Å². The first-order valence-electron chi connectivity index (χ1n) is 12.3. The summed E-state index contributed by atoms with van der Waals surface area (Å²) in [7, 11) is 0. The quantitative estimate of drug-likeness (QED) is 0.405. The Balaban J connectivity index is 1.30. The molecule has 0 spiro atoms. The first kappa shape index (κ1) is 22.4. The molecule has 0 amide bonds. The van der Waals surface area contributed by atoms with Crippen LogP contribution in [0.2, 0.25) is 0 Å². The number of hydrogen-bond acceptors (Lipinski definition) is 4. The van der Waals surface area contributed by atoms with Crippen LogP contribution >= 0.6 is 0 Å². The molecule has 2 heterocycles. The highest BCUT2D eigenvalue weighted by atomic mass is 16.5. The Morgan fingerprint density at radius 1 is 0.912 bits per heavy atom. The molecule has 2 bridgehead atoms. The van der Waals surface area contributed by atoms with E-state index in [1.165, 1.54) is 12.0 Å². The zero-order valence-corrected chi connectivity index (χ0v) is 19.4. The Kier molecular flexibility index (Phi) is 6.74. The van der Waals surface area contributed by atoms with Crippen molar-refractivity contribution in [3.63, 3.8) is 0 Å². The number of rotatable bonds is 7. The van der Waals surface area contributed by atoms with Gasteiger partial charge < -0.3 is 4.74 Å². The molecule has 0 N–H and O–H groups in total. The first-order chi connectivity index (χ1) is 16.7. The standard InChI is InChI=1S/C30H30N2O2/c31-19-25-15-14-24(18-29(25)34-21-23-10-5-2-6-11-23)30(33)26-16-27-12-7-13-28(17-26)32(27)20-22-8-3-1-4-9-22/h1-6,8-11,14-15,18,26-28H,7,12-13,16-17,20-21H2. The lowest BCUT2D eigenvalue weighted by molar-refractivity contribution is 0.00905. The monoisotopic (exact) mass is 450 g/mol. The van der Waals surface area contributed by atoms with Crippen molar-refractivity contribution in [3.8, 4) is 11.8 Å². The maximum Gasteiger partial charge on any atom is 0.166 e. The molecule has 172 valence electrons. The van der Waals surface area contributed by atoms with Crippen LogP contribution in [0.4, 0.5) is 0 Å². The fourth-order valence-corrected chi connectivity index (χ4v) is 5.60. The molecule has 4 nitrogen and oxygen atoms in total. The van der Waals surface area contributed by atoms with Crippen molar-refractivity contribution in [1.29, 1.82) is 5.26 Å². The number of benzene rings is 3. The van der Waals surface area contributed by atoms with Crippen molar-refractivity contribution in [2.75, 3.05) is 0 Å². The third-order valence-corrected chi connectivity index (χ3v) is 7.33. The minimum atomic E-state index is 0.0252. The fourth-order valence-electron chi connectivity index (χ4n) is 5.60. The van der Waals surface area contributed by atoms with Crippen LogP contribution in [-0.2, 0) is 13.2 Å². The first-order valence-corrected chi connectivity index (χ1v) is 12.3. The number of nitrogens with zero attached hydrogens (tertiary/aromatic N) is 2. The van der Waals surface area contributed by atoms with E-state index in [1.807, 2.05) is 30.3 Å². The third-order valence-electron chi connectivity index (χ3n) is 7.33. The molecule has 5 rings (SSSR count). The Hall–Kier alpha value is -3.42. The van der Waals surface area contributed by atoms with Crippen molar-refractivity contribution in [2.45, 2.75) is 57.3 Å². The molecule has 0 saturated carbocycles. The maximum absolute atomic E-state index is 13.6. The molecule has 0 radical (unpaired) electrons. The van der Waals surface area contributed by atoms with Crippen molar-refractivity contribution in [3.05, 3.63) is 101 Å². The van der Waals surface area contributed by atoms with Crippen LogP contribution in [0.3, 0.4) is 0 Å². The number of fused-ring (bicyclic) bond motifs is 2. The van der Waals surface area contributed by atoms with E-state index in [1.54, 1.807) is 18.2 Å². The molecular weight excluding hydrogens is 420 g/mol. The second kappa shape index (κ2) is 10.2. The van der Waals surface area contributed by atoms with Crippen molar-refractivity contribution < 1.29 is 9.53 Å². The lowest BCUT2D eigenvalue weighted by Gasteiger charge is -2.48. The van der Waals surface area contributed by atoms with E-state index >= 15 is 0 Å². The molecule has 3 aromatic rings. The SMILES string of the molecule is N#Cc1ccc(C(=O)C2CC3CCCC(C2)N3Cc2ccccc2)cc1OCc1ccccc1. The third kappa shape index (κ3) is 4.90. The summed E-state index contributed by atoms with van der Waals surface area (Å²) in [6.45, 7) is 1.33. The number of nitriles is 1. The van der Waals surface area contributed by atoms with E-state index in [0.29, 0.717) is 35.6 Å². The molecule has 2 aliphatic heterocycles. The van der Waals surface area contributed by atoms with E-state index in [2.05, 4.69) is 41.3 Å². The van der Waals surface area contributed by atoms with Gasteiger partial charge in [0.2, 0.25) is 0 Å². The number of ketones is 1. The van der Waals surface area contributed by atoms with Gasteiger partial charge in [0, 0.05) is 30.1 Å². The average molecular weight is 451 g/mol. The van der Waals surface area contributed by atoms with Gasteiger partial charge in [-0.2, -0.15) is 5.26 Å². The predicted octanol–water partition coefficient (Wildman–Crippen LogP) is 6.15. The highest BCUT2D eigenvalue weighted by Crippen LogP contribution is 2.39. The van der Waals surface area contributed by atoms with Gasteiger partial charge in [0.1, 0.15) is 18.4 Å². The second-order valence-corrected chi connectivity index (χ2v) is 9.53. The van der Waals surface area contributed by atoms with Crippen LogP contribution < -0.4 is 4.74 Å². The van der Waals surface area contributed by atoms with Crippen LogP contribution in [0.1, 0.15) is 59.2 Å². The molecule has 0 aromatic heterocycles. The molecule has 2 aliphatic rings. The van der Waals surface area contributed by atoms with Gasteiger partial charge in [0.15, 0.2) is 5.78 Å². The number of hydrogen-bond donors (Lipinski definition) is 0. The topological polar surface area (TPSA) is 53.3 Å². The highest BCUT2D eigenvalue weighted by molar-refractivity contribution is 5.98. The lowest BCUT2D eigenvalue weighted by Crippen LogP contribution is -2.52.